The summed E-state index contributed by atoms with van der Waals surface area (Å²) in [6, 6.07) is 17.5. The summed E-state index contributed by atoms with van der Waals surface area (Å²) < 4.78 is 0. The molecule has 104 valence electrons. The van der Waals surface area contributed by atoms with E-state index < -0.39 is 0 Å². The number of rotatable bonds is 5. The second kappa shape index (κ2) is 7.11. The fourth-order valence-corrected chi connectivity index (χ4v) is 2.37. The van der Waals surface area contributed by atoms with Crippen LogP contribution in [-0.2, 0) is 11.2 Å². The van der Waals surface area contributed by atoms with E-state index in [0.717, 1.165) is 17.5 Å². The highest BCUT2D eigenvalue weighted by atomic mass is 35.5. The summed E-state index contributed by atoms with van der Waals surface area (Å²) in [5.74, 6) is -0.00574. The minimum absolute atomic E-state index is 0.00574. The van der Waals surface area contributed by atoms with Crippen molar-refractivity contribution in [3.8, 4) is 0 Å². The molecule has 0 saturated carbocycles. The molecular weight excluding hydrogens is 270 g/mol. The van der Waals surface area contributed by atoms with Crippen LogP contribution in [0.1, 0.15) is 30.5 Å². The highest BCUT2D eigenvalue weighted by Crippen LogP contribution is 2.18. The van der Waals surface area contributed by atoms with E-state index in [1.807, 2.05) is 48.5 Å². The molecule has 1 amide bonds. The van der Waals surface area contributed by atoms with Crippen LogP contribution in [-0.4, -0.2) is 5.91 Å². The van der Waals surface area contributed by atoms with Gasteiger partial charge in [-0.15, -0.1) is 0 Å². The summed E-state index contributed by atoms with van der Waals surface area (Å²) in [5, 5.41) is 3.70. The lowest BCUT2D eigenvalue weighted by Crippen LogP contribution is -2.29. The molecule has 0 heterocycles. The first-order valence-corrected chi connectivity index (χ1v) is 7.16. The Bertz CT molecular complexity index is 568. The molecule has 1 N–H and O–H groups in total. The number of nitrogens with one attached hydrogen (secondary N) is 1. The van der Waals surface area contributed by atoms with Gasteiger partial charge in [0.2, 0.25) is 5.91 Å². The van der Waals surface area contributed by atoms with Crippen molar-refractivity contribution >= 4 is 17.5 Å². The normalized spacial score (nSPS) is 11.9. The molecule has 0 radical (unpaired) electrons. The Morgan fingerprint density at radius 2 is 1.75 bits per heavy atom. The number of halogens is 1. The number of carbonyl (C=O) groups is 1. The summed E-state index contributed by atoms with van der Waals surface area (Å²) in [7, 11) is 0. The SMILES string of the molecule is CC[C@@H](NC(=O)Cc1ccccc1Cl)c1ccccc1. The standard InChI is InChI=1S/C17H18ClNO/c1-2-16(13-8-4-3-5-9-13)19-17(20)12-14-10-6-7-11-15(14)18/h3-11,16H,2,12H2,1H3,(H,19,20)/t16-/m1/s1. The van der Waals surface area contributed by atoms with Crippen LogP contribution in [0.5, 0.6) is 0 Å². The average molecular weight is 288 g/mol. The van der Waals surface area contributed by atoms with Gasteiger partial charge >= 0.3 is 0 Å². The first kappa shape index (κ1) is 14.6. The quantitative estimate of drug-likeness (QED) is 0.879. The maximum Gasteiger partial charge on any atom is 0.224 e. The third-order valence-corrected chi connectivity index (χ3v) is 3.62. The van der Waals surface area contributed by atoms with Crippen molar-refractivity contribution in [3.63, 3.8) is 0 Å². The first-order valence-electron chi connectivity index (χ1n) is 6.78. The lowest BCUT2D eigenvalue weighted by atomic mass is 10.0. The summed E-state index contributed by atoms with van der Waals surface area (Å²) in [5.41, 5.74) is 1.98. The number of hydrogen-bond acceptors (Lipinski definition) is 1. The van der Waals surface area contributed by atoms with E-state index in [2.05, 4.69) is 12.2 Å². The summed E-state index contributed by atoms with van der Waals surface area (Å²) in [4.78, 5) is 12.1. The van der Waals surface area contributed by atoms with Gasteiger partial charge in [-0.2, -0.15) is 0 Å². The van der Waals surface area contributed by atoms with Crippen molar-refractivity contribution in [2.75, 3.05) is 0 Å². The fraction of sp³-hybridized carbons (Fsp3) is 0.235. The van der Waals surface area contributed by atoms with Crippen LogP contribution >= 0.6 is 11.6 Å². The zero-order valence-corrected chi connectivity index (χ0v) is 12.2. The van der Waals surface area contributed by atoms with Gasteiger partial charge in [0.25, 0.3) is 0 Å². The van der Waals surface area contributed by atoms with Crippen molar-refractivity contribution in [1.29, 1.82) is 0 Å². The van der Waals surface area contributed by atoms with Crippen molar-refractivity contribution < 1.29 is 4.79 Å². The largest absolute Gasteiger partial charge is 0.349 e. The van der Waals surface area contributed by atoms with Crippen molar-refractivity contribution in [2.24, 2.45) is 0 Å². The molecule has 0 fully saturated rings. The second-order valence-electron chi connectivity index (χ2n) is 4.71. The van der Waals surface area contributed by atoms with Gasteiger partial charge in [0.05, 0.1) is 12.5 Å². The molecule has 0 unspecified atom stereocenters. The van der Waals surface area contributed by atoms with Crippen LogP contribution < -0.4 is 5.32 Å². The van der Waals surface area contributed by atoms with E-state index in [0.29, 0.717) is 11.4 Å². The topological polar surface area (TPSA) is 29.1 Å². The minimum atomic E-state index is -0.00574. The molecule has 0 saturated heterocycles. The van der Waals surface area contributed by atoms with Crippen LogP contribution in [0.25, 0.3) is 0 Å². The Morgan fingerprint density at radius 1 is 1.10 bits per heavy atom. The van der Waals surface area contributed by atoms with Gasteiger partial charge in [0, 0.05) is 5.02 Å². The predicted molar refractivity (Wildman–Crippen MR) is 82.8 cm³/mol. The maximum atomic E-state index is 12.1. The van der Waals surface area contributed by atoms with E-state index >= 15 is 0 Å². The maximum absolute atomic E-state index is 12.1. The van der Waals surface area contributed by atoms with Gasteiger partial charge in [0.1, 0.15) is 0 Å². The Balaban J connectivity index is 2.02. The van der Waals surface area contributed by atoms with Gasteiger partial charge in [0.15, 0.2) is 0 Å². The van der Waals surface area contributed by atoms with Gasteiger partial charge in [-0.1, -0.05) is 67.1 Å². The third-order valence-electron chi connectivity index (χ3n) is 3.25. The summed E-state index contributed by atoms with van der Waals surface area (Å²) >= 11 is 6.08. The van der Waals surface area contributed by atoms with Gasteiger partial charge in [-0.05, 0) is 23.6 Å². The fourth-order valence-electron chi connectivity index (χ4n) is 2.17. The molecule has 2 rings (SSSR count). The molecule has 20 heavy (non-hydrogen) atoms. The predicted octanol–water partition coefficient (Wildman–Crippen LogP) is 4.15. The molecule has 0 aliphatic carbocycles. The zero-order chi connectivity index (χ0) is 14.4. The molecule has 2 aromatic rings. The zero-order valence-electron chi connectivity index (χ0n) is 11.5. The third kappa shape index (κ3) is 3.84. The molecule has 2 nitrogen and oxygen atoms in total. The van der Waals surface area contributed by atoms with Crippen molar-refractivity contribution in [3.05, 3.63) is 70.7 Å². The van der Waals surface area contributed by atoms with E-state index in [-0.39, 0.29) is 11.9 Å². The molecule has 0 bridgehead atoms. The van der Waals surface area contributed by atoms with Crippen LogP contribution in [0.2, 0.25) is 5.02 Å². The van der Waals surface area contributed by atoms with E-state index in [4.69, 9.17) is 11.6 Å². The highest BCUT2D eigenvalue weighted by molar-refractivity contribution is 6.31. The molecule has 2 aromatic carbocycles. The highest BCUT2D eigenvalue weighted by Gasteiger charge is 2.13. The van der Waals surface area contributed by atoms with E-state index in [1.54, 1.807) is 6.07 Å². The second-order valence-corrected chi connectivity index (χ2v) is 5.11. The smallest absolute Gasteiger partial charge is 0.224 e. The van der Waals surface area contributed by atoms with Crippen LogP contribution in [0.4, 0.5) is 0 Å². The summed E-state index contributed by atoms with van der Waals surface area (Å²) in [6.45, 7) is 2.06. The Hall–Kier alpha value is -1.80. The molecular formula is C17H18ClNO. The van der Waals surface area contributed by atoms with Gasteiger partial charge in [-0.3, -0.25) is 4.79 Å². The monoisotopic (exact) mass is 287 g/mol. The molecule has 0 aromatic heterocycles. The van der Waals surface area contributed by atoms with Gasteiger partial charge < -0.3 is 5.32 Å². The molecule has 0 aliphatic rings. The van der Waals surface area contributed by atoms with Crippen molar-refractivity contribution in [1.82, 2.24) is 5.32 Å². The first-order chi connectivity index (χ1) is 9.70. The van der Waals surface area contributed by atoms with E-state index in [1.165, 1.54) is 0 Å². The molecule has 1 atom stereocenters. The lowest BCUT2D eigenvalue weighted by molar-refractivity contribution is -0.121. The van der Waals surface area contributed by atoms with Crippen LogP contribution in [0, 0.1) is 0 Å². The number of hydrogen-bond donors (Lipinski definition) is 1. The number of carbonyl (C=O) groups excluding carboxylic acids is 1. The summed E-state index contributed by atoms with van der Waals surface area (Å²) in [6.07, 6.45) is 1.17. The lowest BCUT2D eigenvalue weighted by Gasteiger charge is -2.17. The molecule has 3 heteroatoms. The number of benzene rings is 2. The van der Waals surface area contributed by atoms with Crippen LogP contribution in [0.15, 0.2) is 54.6 Å². The average Bonchev–Trinajstić information content (AvgIpc) is 2.48. The Morgan fingerprint density at radius 3 is 2.40 bits per heavy atom. The Labute approximate surface area is 124 Å². The van der Waals surface area contributed by atoms with Crippen LogP contribution in [0.3, 0.4) is 0 Å². The van der Waals surface area contributed by atoms with E-state index in [9.17, 15) is 4.79 Å². The Kier molecular flexibility index (Phi) is 5.19. The number of amides is 1. The minimum Gasteiger partial charge on any atom is -0.349 e. The van der Waals surface area contributed by atoms with Crippen molar-refractivity contribution in [2.45, 2.75) is 25.8 Å². The molecule has 0 spiro atoms. The van der Waals surface area contributed by atoms with Gasteiger partial charge in [-0.25, -0.2) is 0 Å². The molecule has 0 aliphatic heterocycles.